The second kappa shape index (κ2) is 6.12. The van der Waals surface area contributed by atoms with Crippen molar-refractivity contribution in [1.82, 2.24) is 9.29 Å². The third-order valence-corrected chi connectivity index (χ3v) is 6.88. The number of fused-ring (bicyclic) bond motifs is 2. The molecule has 0 N–H and O–H groups in total. The van der Waals surface area contributed by atoms with Gasteiger partial charge in [-0.25, -0.2) is 8.42 Å². The van der Waals surface area contributed by atoms with E-state index in [0.29, 0.717) is 19.1 Å². The Morgan fingerprint density at radius 3 is 2.91 bits per heavy atom. The van der Waals surface area contributed by atoms with Gasteiger partial charge in [-0.15, -0.1) is 0 Å². The molecule has 1 saturated heterocycles. The van der Waals surface area contributed by atoms with Gasteiger partial charge in [0.2, 0.25) is 10.0 Å². The topological polar surface area (TPSA) is 68.7 Å². The van der Waals surface area contributed by atoms with Crippen LogP contribution in [0.3, 0.4) is 0 Å². The van der Waals surface area contributed by atoms with E-state index in [1.54, 1.807) is 22.6 Å². The average molecular weight is 338 g/mol. The quantitative estimate of drug-likeness (QED) is 0.812. The Morgan fingerprint density at radius 2 is 2.17 bits per heavy atom. The van der Waals surface area contributed by atoms with Crippen LogP contribution in [0.1, 0.15) is 25.7 Å². The van der Waals surface area contributed by atoms with Crippen molar-refractivity contribution in [2.24, 2.45) is 5.92 Å². The highest BCUT2D eigenvalue weighted by molar-refractivity contribution is 7.89. The van der Waals surface area contributed by atoms with Crippen LogP contribution >= 0.6 is 0 Å². The maximum Gasteiger partial charge on any atom is 0.245 e. The van der Waals surface area contributed by atoms with Crippen molar-refractivity contribution in [2.45, 2.75) is 48.8 Å². The highest BCUT2D eigenvalue weighted by Gasteiger charge is 2.47. The maximum absolute atomic E-state index is 13.0. The molecule has 3 atom stereocenters. The van der Waals surface area contributed by atoms with E-state index in [2.05, 4.69) is 4.98 Å². The third kappa shape index (κ3) is 3.03. The number of sulfonamides is 1. The minimum atomic E-state index is -3.56. The molecule has 0 radical (unpaired) electrons. The molecule has 1 aromatic rings. The van der Waals surface area contributed by atoms with Crippen LogP contribution in [0.2, 0.25) is 0 Å². The van der Waals surface area contributed by atoms with Crippen molar-refractivity contribution in [2.75, 3.05) is 19.8 Å². The number of ether oxygens (including phenoxy) is 2. The molecular weight excluding hydrogens is 316 g/mol. The van der Waals surface area contributed by atoms with E-state index in [-0.39, 0.29) is 23.1 Å². The van der Waals surface area contributed by atoms with Crippen LogP contribution in [-0.2, 0) is 19.5 Å². The first-order valence-electron chi connectivity index (χ1n) is 8.31. The van der Waals surface area contributed by atoms with Gasteiger partial charge in [-0.05, 0) is 43.7 Å². The summed E-state index contributed by atoms with van der Waals surface area (Å²) in [5.41, 5.74) is 0. The molecule has 4 rings (SSSR count). The van der Waals surface area contributed by atoms with Gasteiger partial charge in [0, 0.05) is 25.5 Å². The van der Waals surface area contributed by atoms with Crippen molar-refractivity contribution < 1.29 is 17.9 Å². The molecule has 0 amide bonds. The number of hydrogen-bond acceptors (Lipinski definition) is 5. The standard InChI is InChI=1S/C16H22N2O4S/c19-23(20,13-2-1-7-17-10-13)18-8-9-21-15-6-5-14(18)16(15)22-11-12-3-4-12/h1-2,7,10,12,14-16H,3-6,8-9,11H2/t14-,15-,16-/m0/s1. The van der Waals surface area contributed by atoms with Crippen LogP contribution in [0.25, 0.3) is 0 Å². The summed E-state index contributed by atoms with van der Waals surface area (Å²) in [5.74, 6) is 0.654. The summed E-state index contributed by atoms with van der Waals surface area (Å²) in [7, 11) is -3.56. The van der Waals surface area contributed by atoms with Crippen LogP contribution in [0, 0.1) is 5.92 Å². The van der Waals surface area contributed by atoms with Crippen molar-refractivity contribution in [3.8, 4) is 0 Å². The Bertz CT molecular complexity index is 647. The predicted octanol–water partition coefficient (Wildman–Crippen LogP) is 1.43. The molecule has 126 valence electrons. The smallest absolute Gasteiger partial charge is 0.245 e. The molecule has 1 aromatic heterocycles. The third-order valence-electron chi connectivity index (χ3n) is 4.97. The van der Waals surface area contributed by atoms with Gasteiger partial charge >= 0.3 is 0 Å². The zero-order valence-corrected chi connectivity index (χ0v) is 13.8. The van der Waals surface area contributed by atoms with E-state index < -0.39 is 10.0 Å². The normalized spacial score (nSPS) is 31.9. The number of pyridine rings is 1. The van der Waals surface area contributed by atoms with E-state index in [0.717, 1.165) is 19.4 Å². The molecule has 2 saturated carbocycles. The molecule has 1 aliphatic heterocycles. The predicted molar refractivity (Wildman–Crippen MR) is 83.4 cm³/mol. The Hall–Kier alpha value is -1.02. The largest absolute Gasteiger partial charge is 0.374 e. The van der Waals surface area contributed by atoms with Crippen molar-refractivity contribution in [1.29, 1.82) is 0 Å². The molecule has 2 aliphatic carbocycles. The van der Waals surface area contributed by atoms with Crippen LogP contribution in [0.15, 0.2) is 29.4 Å². The Kier molecular flexibility index (Phi) is 4.13. The monoisotopic (exact) mass is 338 g/mol. The van der Waals surface area contributed by atoms with Crippen molar-refractivity contribution >= 4 is 10.0 Å². The van der Waals surface area contributed by atoms with Crippen molar-refractivity contribution in [3.63, 3.8) is 0 Å². The molecule has 7 heteroatoms. The van der Waals surface area contributed by atoms with Gasteiger partial charge < -0.3 is 9.47 Å². The molecular formula is C16H22N2O4S. The van der Waals surface area contributed by atoms with Crippen LogP contribution in [0.5, 0.6) is 0 Å². The number of nitrogens with zero attached hydrogens (tertiary/aromatic N) is 2. The summed E-state index contributed by atoms with van der Waals surface area (Å²) in [5, 5.41) is 0. The lowest BCUT2D eigenvalue weighted by Gasteiger charge is -2.30. The zero-order chi connectivity index (χ0) is 15.9. The lowest BCUT2D eigenvalue weighted by atomic mass is 10.2. The molecule has 0 unspecified atom stereocenters. The first kappa shape index (κ1) is 15.5. The van der Waals surface area contributed by atoms with Gasteiger partial charge in [-0.1, -0.05) is 0 Å². The van der Waals surface area contributed by atoms with Gasteiger partial charge in [0.05, 0.1) is 18.8 Å². The fraction of sp³-hybridized carbons (Fsp3) is 0.688. The van der Waals surface area contributed by atoms with E-state index in [1.807, 2.05) is 0 Å². The lowest BCUT2D eigenvalue weighted by molar-refractivity contribution is -0.0542. The van der Waals surface area contributed by atoms with Gasteiger partial charge in [-0.2, -0.15) is 4.31 Å². The number of hydrogen-bond donors (Lipinski definition) is 0. The van der Waals surface area contributed by atoms with Gasteiger partial charge in [0.15, 0.2) is 0 Å². The summed E-state index contributed by atoms with van der Waals surface area (Å²) in [6, 6.07) is 3.12. The number of aromatic nitrogens is 1. The van der Waals surface area contributed by atoms with Gasteiger partial charge in [0.25, 0.3) is 0 Å². The first-order valence-corrected chi connectivity index (χ1v) is 9.75. The Balaban J connectivity index is 1.59. The van der Waals surface area contributed by atoms with E-state index >= 15 is 0 Å². The second-order valence-corrected chi connectivity index (χ2v) is 8.49. The summed E-state index contributed by atoms with van der Waals surface area (Å²) >= 11 is 0. The van der Waals surface area contributed by atoms with Gasteiger partial charge in [0.1, 0.15) is 11.0 Å². The molecule has 2 heterocycles. The van der Waals surface area contributed by atoms with Crippen LogP contribution < -0.4 is 0 Å². The molecule has 0 spiro atoms. The summed E-state index contributed by atoms with van der Waals surface area (Å²) < 4.78 is 39.5. The molecule has 2 bridgehead atoms. The fourth-order valence-electron chi connectivity index (χ4n) is 3.54. The molecule has 3 fully saturated rings. The summed E-state index contributed by atoms with van der Waals surface area (Å²) in [4.78, 5) is 4.19. The molecule has 3 aliphatic rings. The summed E-state index contributed by atoms with van der Waals surface area (Å²) in [6.45, 7) is 1.52. The Labute approximate surface area is 136 Å². The van der Waals surface area contributed by atoms with E-state index in [4.69, 9.17) is 9.47 Å². The average Bonchev–Trinajstić information content (AvgIpc) is 3.31. The highest BCUT2D eigenvalue weighted by atomic mass is 32.2. The maximum atomic E-state index is 13.0. The van der Waals surface area contributed by atoms with Gasteiger partial charge in [-0.3, -0.25) is 4.98 Å². The Morgan fingerprint density at radius 1 is 1.30 bits per heavy atom. The SMILES string of the molecule is O=S(=O)(c1cccnc1)N1CCO[C@H]2CC[C@H]1[C@@H]2OCC1CC1. The van der Waals surface area contributed by atoms with Crippen LogP contribution in [-0.4, -0.2) is 55.7 Å². The molecule has 23 heavy (non-hydrogen) atoms. The van der Waals surface area contributed by atoms with E-state index in [9.17, 15) is 8.42 Å². The molecule has 0 aromatic carbocycles. The highest BCUT2D eigenvalue weighted by Crippen LogP contribution is 2.37. The fourth-order valence-corrected chi connectivity index (χ4v) is 5.15. The summed E-state index contributed by atoms with van der Waals surface area (Å²) in [6.07, 6.45) is 6.96. The minimum absolute atomic E-state index is 0.0212. The van der Waals surface area contributed by atoms with E-state index in [1.165, 1.54) is 19.0 Å². The van der Waals surface area contributed by atoms with Crippen molar-refractivity contribution in [3.05, 3.63) is 24.5 Å². The minimum Gasteiger partial charge on any atom is -0.374 e. The number of rotatable bonds is 5. The second-order valence-electron chi connectivity index (χ2n) is 6.60. The zero-order valence-electron chi connectivity index (χ0n) is 13.0. The lowest BCUT2D eigenvalue weighted by Crippen LogP contribution is -2.46. The van der Waals surface area contributed by atoms with Crippen LogP contribution in [0.4, 0.5) is 0 Å². The molecule has 6 nitrogen and oxygen atoms in total. The first-order chi connectivity index (χ1) is 11.2.